The number of nitrogens with zero attached hydrogens (tertiary/aromatic N) is 1. The molecule has 2 rings (SSSR count). The summed E-state index contributed by atoms with van der Waals surface area (Å²) in [6.45, 7) is 4.27. The Morgan fingerprint density at radius 3 is 2.58 bits per heavy atom. The maximum atomic E-state index is 11.9. The monoisotopic (exact) mass is 368 g/mol. The first-order valence-corrected chi connectivity index (χ1v) is 7.45. The van der Waals surface area contributed by atoms with Gasteiger partial charge in [-0.05, 0) is 40.5 Å². The minimum absolute atomic E-state index is 0.0304. The Labute approximate surface area is 126 Å². The van der Waals surface area contributed by atoms with Crippen LogP contribution < -0.4 is 5.56 Å². The molecule has 0 amide bonds. The first kappa shape index (κ1) is 14.2. The maximum absolute atomic E-state index is 11.9. The topological polar surface area (TPSA) is 45.8 Å². The van der Waals surface area contributed by atoms with Crippen molar-refractivity contribution >= 4 is 22.6 Å². The molecule has 0 unspecified atom stereocenters. The summed E-state index contributed by atoms with van der Waals surface area (Å²) in [6, 6.07) is 10.1. The number of rotatable bonds is 4. The first-order chi connectivity index (χ1) is 9.06. The Hall–Kier alpha value is -1.17. The summed E-state index contributed by atoms with van der Waals surface area (Å²) in [4.78, 5) is 19.4. The van der Waals surface area contributed by atoms with Crippen LogP contribution in [0, 0.1) is 9.49 Å². The highest BCUT2D eigenvalue weighted by Crippen LogP contribution is 2.12. The Kier molecular flexibility index (Phi) is 4.74. The molecule has 0 aliphatic carbocycles. The van der Waals surface area contributed by atoms with E-state index < -0.39 is 0 Å². The van der Waals surface area contributed by atoms with E-state index in [9.17, 15) is 4.79 Å². The first-order valence-electron chi connectivity index (χ1n) is 6.37. The highest BCUT2D eigenvalue weighted by atomic mass is 127. The zero-order chi connectivity index (χ0) is 13.8. The van der Waals surface area contributed by atoms with Gasteiger partial charge in [0.05, 0.1) is 9.26 Å². The third-order valence-corrected chi connectivity index (χ3v) is 3.91. The summed E-state index contributed by atoms with van der Waals surface area (Å²) in [5, 5.41) is 0. The Bertz CT molecular complexity index is 605. The van der Waals surface area contributed by atoms with Crippen LogP contribution in [-0.2, 0) is 12.8 Å². The molecule has 100 valence electrons. The molecule has 0 aliphatic heterocycles. The lowest BCUT2D eigenvalue weighted by Crippen LogP contribution is -2.19. The number of hydrogen-bond acceptors (Lipinski definition) is 2. The van der Waals surface area contributed by atoms with Gasteiger partial charge in [-0.15, -0.1) is 0 Å². The van der Waals surface area contributed by atoms with Gasteiger partial charge in [0.2, 0.25) is 0 Å². The van der Waals surface area contributed by atoms with Crippen molar-refractivity contribution in [2.75, 3.05) is 0 Å². The molecule has 0 aliphatic rings. The third-order valence-electron chi connectivity index (χ3n) is 2.80. The predicted molar refractivity (Wildman–Crippen MR) is 85.4 cm³/mol. The minimum Gasteiger partial charge on any atom is -0.309 e. The van der Waals surface area contributed by atoms with Crippen LogP contribution in [0.5, 0.6) is 0 Å². The van der Waals surface area contributed by atoms with Crippen LogP contribution >= 0.6 is 22.6 Å². The summed E-state index contributed by atoms with van der Waals surface area (Å²) in [6.07, 6.45) is 1.50. The van der Waals surface area contributed by atoms with E-state index >= 15 is 0 Å². The van der Waals surface area contributed by atoms with Crippen molar-refractivity contribution in [1.29, 1.82) is 0 Å². The molecular formula is C15H17IN2O. The SMILES string of the molecule is CC(C)Cc1nc(Cc2ccccc2)[nH]c(=O)c1I. The summed E-state index contributed by atoms with van der Waals surface area (Å²) in [5.41, 5.74) is 2.03. The van der Waals surface area contributed by atoms with E-state index in [0.29, 0.717) is 15.9 Å². The second kappa shape index (κ2) is 6.32. The zero-order valence-electron chi connectivity index (χ0n) is 11.1. The van der Waals surface area contributed by atoms with Crippen molar-refractivity contribution in [2.24, 2.45) is 5.92 Å². The maximum Gasteiger partial charge on any atom is 0.264 e. The van der Waals surface area contributed by atoms with Crippen molar-refractivity contribution in [3.8, 4) is 0 Å². The molecule has 1 aromatic carbocycles. The summed E-state index contributed by atoms with van der Waals surface area (Å²) in [5.74, 6) is 1.24. The third kappa shape index (κ3) is 3.89. The Morgan fingerprint density at radius 2 is 1.95 bits per heavy atom. The average molecular weight is 368 g/mol. The smallest absolute Gasteiger partial charge is 0.264 e. The number of halogens is 1. The van der Waals surface area contributed by atoms with E-state index in [1.165, 1.54) is 0 Å². The van der Waals surface area contributed by atoms with Gasteiger partial charge in [0.1, 0.15) is 5.82 Å². The molecule has 1 heterocycles. The molecular weight excluding hydrogens is 351 g/mol. The summed E-state index contributed by atoms with van der Waals surface area (Å²) in [7, 11) is 0. The quantitative estimate of drug-likeness (QED) is 0.843. The van der Waals surface area contributed by atoms with Crippen molar-refractivity contribution in [3.63, 3.8) is 0 Å². The van der Waals surface area contributed by atoms with Crippen LogP contribution in [0.15, 0.2) is 35.1 Å². The molecule has 1 N–H and O–H groups in total. The van der Waals surface area contributed by atoms with Gasteiger partial charge >= 0.3 is 0 Å². The molecule has 2 aromatic rings. The molecule has 3 nitrogen and oxygen atoms in total. The van der Waals surface area contributed by atoms with Gasteiger partial charge in [-0.25, -0.2) is 4.98 Å². The lowest BCUT2D eigenvalue weighted by atomic mass is 10.1. The normalized spacial score (nSPS) is 10.9. The molecule has 0 spiro atoms. The fourth-order valence-electron chi connectivity index (χ4n) is 1.95. The van der Waals surface area contributed by atoms with E-state index in [4.69, 9.17) is 0 Å². The molecule has 0 bridgehead atoms. The minimum atomic E-state index is -0.0304. The Balaban J connectivity index is 2.32. The number of hydrogen-bond donors (Lipinski definition) is 1. The van der Waals surface area contributed by atoms with Gasteiger partial charge < -0.3 is 4.98 Å². The van der Waals surface area contributed by atoms with Gasteiger partial charge in [-0.2, -0.15) is 0 Å². The summed E-state index contributed by atoms with van der Waals surface area (Å²) < 4.78 is 0.711. The number of benzene rings is 1. The molecule has 0 atom stereocenters. The molecule has 1 aromatic heterocycles. The molecule has 0 fully saturated rings. The van der Waals surface area contributed by atoms with Crippen LogP contribution in [0.2, 0.25) is 0 Å². The van der Waals surface area contributed by atoms with Crippen LogP contribution in [0.4, 0.5) is 0 Å². The van der Waals surface area contributed by atoms with Gasteiger partial charge in [0.25, 0.3) is 5.56 Å². The van der Waals surface area contributed by atoms with E-state index in [1.807, 2.05) is 30.3 Å². The zero-order valence-corrected chi connectivity index (χ0v) is 13.3. The fourth-order valence-corrected chi connectivity index (χ4v) is 2.43. The fraction of sp³-hybridized carbons (Fsp3) is 0.333. The van der Waals surface area contributed by atoms with Gasteiger partial charge in [0, 0.05) is 6.42 Å². The molecule has 0 radical (unpaired) electrons. The van der Waals surface area contributed by atoms with Crippen LogP contribution in [-0.4, -0.2) is 9.97 Å². The number of nitrogens with one attached hydrogen (secondary N) is 1. The lowest BCUT2D eigenvalue weighted by molar-refractivity contribution is 0.626. The van der Waals surface area contributed by atoms with Crippen molar-refractivity contribution in [3.05, 3.63) is 61.3 Å². The van der Waals surface area contributed by atoms with Gasteiger partial charge in [-0.3, -0.25) is 4.79 Å². The van der Waals surface area contributed by atoms with E-state index in [0.717, 1.165) is 23.5 Å². The highest BCUT2D eigenvalue weighted by molar-refractivity contribution is 14.1. The summed E-state index contributed by atoms with van der Waals surface area (Å²) >= 11 is 2.08. The second-order valence-corrected chi connectivity index (χ2v) is 6.11. The van der Waals surface area contributed by atoms with Crippen molar-refractivity contribution in [1.82, 2.24) is 9.97 Å². The second-order valence-electron chi connectivity index (χ2n) is 5.03. The predicted octanol–water partition coefficient (Wildman–Crippen LogP) is 3.16. The molecule has 19 heavy (non-hydrogen) atoms. The molecule has 4 heteroatoms. The van der Waals surface area contributed by atoms with Crippen LogP contribution in [0.25, 0.3) is 0 Å². The van der Waals surface area contributed by atoms with Gasteiger partial charge in [-0.1, -0.05) is 44.2 Å². The lowest BCUT2D eigenvalue weighted by Gasteiger charge is -2.08. The van der Waals surface area contributed by atoms with Crippen molar-refractivity contribution < 1.29 is 0 Å². The van der Waals surface area contributed by atoms with Crippen LogP contribution in [0.1, 0.15) is 30.9 Å². The number of H-pyrrole nitrogens is 1. The number of aromatic amines is 1. The van der Waals surface area contributed by atoms with E-state index in [1.54, 1.807) is 0 Å². The van der Waals surface area contributed by atoms with Gasteiger partial charge in [0.15, 0.2) is 0 Å². The molecule has 0 saturated heterocycles. The van der Waals surface area contributed by atoms with E-state index in [2.05, 4.69) is 46.4 Å². The average Bonchev–Trinajstić information content (AvgIpc) is 2.36. The molecule has 0 saturated carbocycles. The standard InChI is InChI=1S/C15H17IN2O/c1-10(2)8-12-14(16)15(19)18-13(17-12)9-11-6-4-3-5-7-11/h3-7,10H,8-9H2,1-2H3,(H,17,18,19). The largest absolute Gasteiger partial charge is 0.309 e. The number of aromatic nitrogens is 2. The van der Waals surface area contributed by atoms with E-state index in [-0.39, 0.29) is 5.56 Å². The van der Waals surface area contributed by atoms with Crippen LogP contribution in [0.3, 0.4) is 0 Å². The van der Waals surface area contributed by atoms with Crippen molar-refractivity contribution in [2.45, 2.75) is 26.7 Å². The Morgan fingerprint density at radius 1 is 1.26 bits per heavy atom. The highest BCUT2D eigenvalue weighted by Gasteiger charge is 2.10.